The lowest BCUT2D eigenvalue weighted by atomic mass is 10.1. The standard InChI is InChI=1S/C14H12N2O5/c17-12(18)7-11(14(20)21)16-13(19)9-5-6-15-10-4-2-1-3-8(9)10/h1-6,11H,7H2,(H,16,19)(H,17,18)(H,20,21)/t11-/m0/s1. The summed E-state index contributed by atoms with van der Waals surface area (Å²) in [7, 11) is 0. The number of para-hydroxylation sites is 1. The molecule has 3 N–H and O–H groups in total. The number of carbonyl (C=O) groups excluding carboxylic acids is 1. The highest BCUT2D eigenvalue weighted by Crippen LogP contribution is 2.16. The normalized spacial score (nSPS) is 11.8. The van der Waals surface area contributed by atoms with Gasteiger partial charge in [-0.3, -0.25) is 14.6 Å². The average Bonchev–Trinajstić information content (AvgIpc) is 2.45. The summed E-state index contributed by atoms with van der Waals surface area (Å²) in [5, 5.41) is 20.4. The van der Waals surface area contributed by atoms with Crippen LogP contribution in [-0.2, 0) is 9.59 Å². The molecule has 0 saturated carbocycles. The molecule has 7 heteroatoms. The number of fused-ring (bicyclic) bond motifs is 1. The molecule has 0 saturated heterocycles. The first-order chi connectivity index (χ1) is 9.99. The minimum Gasteiger partial charge on any atom is -0.481 e. The second-order valence-electron chi connectivity index (χ2n) is 4.34. The van der Waals surface area contributed by atoms with Crippen LogP contribution in [0.4, 0.5) is 0 Å². The first-order valence-corrected chi connectivity index (χ1v) is 6.08. The van der Waals surface area contributed by atoms with Crippen LogP contribution in [0, 0.1) is 0 Å². The minimum absolute atomic E-state index is 0.247. The fraction of sp³-hybridized carbons (Fsp3) is 0.143. The molecule has 0 unspecified atom stereocenters. The molecule has 1 atom stereocenters. The number of carboxylic acids is 2. The summed E-state index contributed by atoms with van der Waals surface area (Å²) >= 11 is 0. The first kappa shape index (κ1) is 14.4. The van der Waals surface area contributed by atoms with E-state index in [1.165, 1.54) is 12.3 Å². The van der Waals surface area contributed by atoms with Crippen LogP contribution < -0.4 is 5.32 Å². The highest BCUT2D eigenvalue weighted by molar-refractivity contribution is 6.07. The van der Waals surface area contributed by atoms with Gasteiger partial charge in [0.15, 0.2) is 0 Å². The topological polar surface area (TPSA) is 117 Å². The number of amides is 1. The fourth-order valence-corrected chi connectivity index (χ4v) is 1.90. The van der Waals surface area contributed by atoms with Crippen LogP contribution in [0.3, 0.4) is 0 Å². The molecule has 21 heavy (non-hydrogen) atoms. The predicted octanol–water partition coefficient (Wildman–Crippen LogP) is 0.892. The fourth-order valence-electron chi connectivity index (χ4n) is 1.90. The molecule has 0 spiro atoms. The summed E-state index contributed by atoms with van der Waals surface area (Å²) in [5.74, 6) is -3.35. The zero-order chi connectivity index (χ0) is 15.4. The van der Waals surface area contributed by atoms with E-state index < -0.39 is 30.3 Å². The summed E-state index contributed by atoms with van der Waals surface area (Å²) in [6.07, 6.45) is 0.744. The Morgan fingerprint density at radius 2 is 1.86 bits per heavy atom. The summed E-state index contributed by atoms with van der Waals surface area (Å²) < 4.78 is 0. The van der Waals surface area contributed by atoms with E-state index in [1.807, 2.05) is 0 Å². The van der Waals surface area contributed by atoms with Crippen LogP contribution in [-0.4, -0.2) is 39.1 Å². The van der Waals surface area contributed by atoms with Gasteiger partial charge in [-0.2, -0.15) is 0 Å². The summed E-state index contributed by atoms with van der Waals surface area (Å²) in [5.41, 5.74) is 0.840. The van der Waals surface area contributed by atoms with E-state index in [9.17, 15) is 14.4 Å². The number of hydrogen-bond donors (Lipinski definition) is 3. The van der Waals surface area contributed by atoms with Crippen LogP contribution in [0.5, 0.6) is 0 Å². The molecule has 0 aliphatic carbocycles. The van der Waals surface area contributed by atoms with Gasteiger partial charge < -0.3 is 15.5 Å². The van der Waals surface area contributed by atoms with Crippen molar-refractivity contribution in [2.75, 3.05) is 0 Å². The summed E-state index contributed by atoms with van der Waals surface area (Å²) in [6, 6.07) is 6.87. The minimum atomic E-state index is -1.48. The van der Waals surface area contributed by atoms with Gasteiger partial charge in [0.1, 0.15) is 6.04 Å². The van der Waals surface area contributed by atoms with Crippen molar-refractivity contribution in [3.8, 4) is 0 Å². The maximum absolute atomic E-state index is 12.2. The van der Waals surface area contributed by atoms with E-state index in [0.717, 1.165) is 0 Å². The number of aromatic nitrogens is 1. The van der Waals surface area contributed by atoms with Crippen LogP contribution in [0.2, 0.25) is 0 Å². The van der Waals surface area contributed by atoms with Crippen LogP contribution >= 0.6 is 0 Å². The molecule has 1 amide bonds. The van der Waals surface area contributed by atoms with Crippen LogP contribution in [0.1, 0.15) is 16.8 Å². The molecule has 7 nitrogen and oxygen atoms in total. The van der Waals surface area contributed by atoms with Crippen molar-refractivity contribution in [3.05, 3.63) is 42.1 Å². The molecule has 0 aliphatic rings. The van der Waals surface area contributed by atoms with Gasteiger partial charge in [-0.1, -0.05) is 18.2 Å². The first-order valence-electron chi connectivity index (χ1n) is 6.08. The molecule has 0 bridgehead atoms. The maximum Gasteiger partial charge on any atom is 0.326 e. The van der Waals surface area contributed by atoms with Crippen LogP contribution in [0.25, 0.3) is 10.9 Å². The van der Waals surface area contributed by atoms with E-state index in [2.05, 4.69) is 10.3 Å². The lowest BCUT2D eigenvalue weighted by molar-refractivity contribution is -0.145. The molecule has 108 valence electrons. The molecule has 1 aromatic heterocycles. The van der Waals surface area contributed by atoms with Gasteiger partial charge >= 0.3 is 11.9 Å². The zero-order valence-electron chi connectivity index (χ0n) is 10.8. The van der Waals surface area contributed by atoms with Crippen LogP contribution in [0.15, 0.2) is 36.5 Å². The van der Waals surface area contributed by atoms with Gasteiger partial charge in [0.2, 0.25) is 0 Å². The second kappa shape index (κ2) is 6.00. The number of benzene rings is 1. The van der Waals surface area contributed by atoms with E-state index in [0.29, 0.717) is 10.9 Å². The Kier molecular flexibility index (Phi) is 4.13. The Labute approximate surface area is 119 Å². The Morgan fingerprint density at radius 1 is 1.14 bits per heavy atom. The highest BCUT2D eigenvalue weighted by atomic mass is 16.4. The smallest absolute Gasteiger partial charge is 0.326 e. The van der Waals surface area contributed by atoms with Crippen molar-refractivity contribution >= 4 is 28.7 Å². The number of nitrogens with zero attached hydrogens (tertiary/aromatic N) is 1. The molecule has 2 aromatic rings. The lowest BCUT2D eigenvalue weighted by Gasteiger charge is -2.13. The van der Waals surface area contributed by atoms with Crippen molar-refractivity contribution in [2.24, 2.45) is 0 Å². The van der Waals surface area contributed by atoms with E-state index in [1.54, 1.807) is 24.3 Å². The van der Waals surface area contributed by atoms with E-state index >= 15 is 0 Å². The summed E-state index contributed by atoms with van der Waals surface area (Å²) in [4.78, 5) is 37.9. The van der Waals surface area contributed by atoms with Gasteiger partial charge in [0.05, 0.1) is 17.5 Å². The average molecular weight is 288 g/mol. The number of carbonyl (C=O) groups is 3. The van der Waals surface area contributed by atoms with Crippen molar-refractivity contribution in [3.63, 3.8) is 0 Å². The third-order valence-electron chi connectivity index (χ3n) is 2.88. The molecular weight excluding hydrogens is 276 g/mol. The van der Waals surface area contributed by atoms with Gasteiger partial charge in [0, 0.05) is 11.6 Å². The number of hydrogen-bond acceptors (Lipinski definition) is 4. The number of carboxylic acid groups (broad SMARTS) is 2. The Balaban J connectivity index is 2.29. The molecule has 0 radical (unpaired) electrons. The molecule has 2 rings (SSSR count). The monoisotopic (exact) mass is 288 g/mol. The maximum atomic E-state index is 12.2. The number of aliphatic carboxylic acids is 2. The number of nitrogens with one attached hydrogen (secondary N) is 1. The number of rotatable bonds is 5. The van der Waals surface area contributed by atoms with Crippen molar-refractivity contribution in [1.82, 2.24) is 10.3 Å². The molecule has 0 fully saturated rings. The quantitative estimate of drug-likeness (QED) is 0.752. The van der Waals surface area contributed by atoms with Crippen molar-refractivity contribution in [1.29, 1.82) is 0 Å². The third kappa shape index (κ3) is 3.33. The van der Waals surface area contributed by atoms with Gasteiger partial charge in [-0.15, -0.1) is 0 Å². The van der Waals surface area contributed by atoms with Gasteiger partial charge in [-0.05, 0) is 12.1 Å². The largest absolute Gasteiger partial charge is 0.481 e. The second-order valence-corrected chi connectivity index (χ2v) is 4.34. The zero-order valence-corrected chi connectivity index (χ0v) is 10.8. The van der Waals surface area contributed by atoms with E-state index in [-0.39, 0.29) is 5.56 Å². The van der Waals surface area contributed by atoms with Gasteiger partial charge in [-0.25, -0.2) is 4.79 Å². The Hall–Kier alpha value is -2.96. The molecular formula is C14H12N2O5. The summed E-state index contributed by atoms with van der Waals surface area (Å²) in [6.45, 7) is 0. The van der Waals surface area contributed by atoms with Gasteiger partial charge in [0.25, 0.3) is 5.91 Å². The highest BCUT2D eigenvalue weighted by Gasteiger charge is 2.24. The van der Waals surface area contributed by atoms with E-state index in [4.69, 9.17) is 10.2 Å². The van der Waals surface area contributed by atoms with Crippen molar-refractivity contribution in [2.45, 2.75) is 12.5 Å². The predicted molar refractivity (Wildman–Crippen MR) is 72.9 cm³/mol. The Bertz CT molecular complexity index is 708. The molecule has 1 aromatic carbocycles. The Morgan fingerprint density at radius 3 is 2.52 bits per heavy atom. The molecule has 0 aliphatic heterocycles. The lowest BCUT2D eigenvalue weighted by Crippen LogP contribution is -2.42. The van der Waals surface area contributed by atoms with Crippen molar-refractivity contribution < 1.29 is 24.6 Å². The molecule has 1 heterocycles. The third-order valence-corrected chi connectivity index (χ3v) is 2.88. The number of pyridine rings is 1. The SMILES string of the molecule is O=C(O)C[C@H](NC(=O)c1ccnc2ccccc12)C(=O)O.